The van der Waals surface area contributed by atoms with Crippen molar-refractivity contribution in [2.45, 2.75) is 71.1 Å². The molecular formula is C18H31ClO4. The monoisotopic (exact) mass is 346 g/mol. The quantitative estimate of drug-likeness (QED) is 0.185. The van der Waals surface area contributed by atoms with E-state index < -0.39 is 11.9 Å². The molecule has 0 aromatic carbocycles. The van der Waals surface area contributed by atoms with Crippen molar-refractivity contribution in [3.05, 3.63) is 12.2 Å². The van der Waals surface area contributed by atoms with Gasteiger partial charge in [0.15, 0.2) is 0 Å². The predicted molar refractivity (Wildman–Crippen MR) is 93.6 cm³/mol. The fourth-order valence-corrected chi connectivity index (χ4v) is 2.20. The lowest BCUT2D eigenvalue weighted by Gasteiger charge is -2.03. The Balaban J connectivity index is 3.48. The summed E-state index contributed by atoms with van der Waals surface area (Å²) >= 11 is 5.60. The lowest BCUT2D eigenvalue weighted by molar-refractivity contribution is -0.140. The molecule has 0 spiro atoms. The molecule has 0 fully saturated rings. The summed E-state index contributed by atoms with van der Waals surface area (Å²) < 4.78 is 10.0. The number of halogens is 1. The molecule has 0 aliphatic carbocycles. The van der Waals surface area contributed by atoms with E-state index in [0.717, 1.165) is 75.8 Å². The summed E-state index contributed by atoms with van der Waals surface area (Å²) in [6.45, 7) is 2.93. The van der Waals surface area contributed by atoms with Crippen molar-refractivity contribution in [3.8, 4) is 0 Å². The van der Waals surface area contributed by atoms with Gasteiger partial charge in [-0.3, -0.25) is 0 Å². The highest BCUT2D eigenvalue weighted by Crippen LogP contribution is 2.06. The summed E-state index contributed by atoms with van der Waals surface area (Å²) in [5.74, 6) is -0.252. The Kier molecular flexibility index (Phi) is 16.5. The first-order chi connectivity index (χ1) is 11.2. The third-order valence-electron chi connectivity index (χ3n) is 3.37. The van der Waals surface area contributed by atoms with Gasteiger partial charge in [-0.25, -0.2) is 9.59 Å². The first-order valence-electron chi connectivity index (χ1n) is 8.78. The molecule has 0 aliphatic heterocycles. The van der Waals surface area contributed by atoms with Gasteiger partial charge in [0.1, 0.15) is 0 Å². The van der Waals surface area contributed by atoms with Crippen molar-refractivity contribution in [1.82, 2.24) is 0 Å². The van der Waals surface area contributed by atoms with Gasteiger partial charge in [-0.05, 0) is 19.3 Å². The molecule has 0 radical (unpaired) electrons. The number of ether oxygens (including phenoxy) is 2. The molecule has 0 aliphatic rings. The molecule has 0 aromatic heterocycles. The molecular weight excluding hydrogens is 316 g/mol. The number of hydrogen-bond acceptors (Lipinski definition) is 4. The second-order valence-electron chi connectivity index (χ2n) is 5.54. The summed E-state index contributed by atoms with van der Waals surface area (Å²) in [7, 11) is 0. The standard InChI is InChI=1S/C18H31ClO4/c1-2-3-4-10-15-22-17(20)12-13-18(21)23-16-11-8-6-5-7-9-14-19/h12-13H,2-11,14-16H2,1H3/b13-12+. The maximum absolute atomic E-state index is 11.4. The molecule has 0 unspecified atom stereocenters. The van der Waals surface area contributed by atoms with Crippen LogP contribution in [-0.2, 0) is 19.1 Å². The van der Waals surface area contributed by atoms with E-state index in [0.29, 0.717) is 13.2 Å². The number of carbonyl (C=O) groups excluding carboxylic acids is 2. The molecule has 23 heavy (non-hydrogen) atoms. The molecule has 0 atom stereocenters. The van der Waals surface area contributed by atoms with Gasteiger partial charge in [-0.2, -0.15) is 0 Å². The maximum atomic E-state index is 11.4. The molecule has 0 saturated carbocycles. The summed E-state index contributed by atoms with van der Waals surface area (Å²) in [6, 6.07) is 0. The largest absolute Gasteiger partial charge is 0.463 e. The van der Waals surface area contributed by atoms with E-state index >= 15 is 0 Å². The maximum Gasteiger partial charge on any atom is 0.331 e. The fraction of sp³-hybridized carbons (Fsp3) is 0.778. The molecule has 134 valence electrons. The number of carbonyl (C=O) groups is 2. The Morgan fingerprint density at radius 3 is 1.65 bits per heavy atom. The average molecular weight is 347 g/mol. The van der Waals surface area contributed by atoms with Gasteiger partial charge < -0.3 is 9.47 Å². The van der Waals surface area contributed by atoms with Crippen LogP contribution < -0.4 is 0 Å². The fourth-order valence-electron chi connectivity index (χ4n) is 2.01. The smallest absolute Gasteiger partial charge is 0.331 e. The van der Waals surface area contributed by atoms with Crippen LogP contribution in [0, 0.1) is 0 Å². The van der Waals surface area contributed by atoms with Gasteiger partial charge in [-0.1, -0.05) is 51.9 Å². The number of unbranched alkanes of at least 4 members (excludes halogenated alkanes) is 8. The zero-order valence-corrected chi connectivity index (χ0v) is 15.1. The van der Waals surface area contributed by atoms with Crippen molar-refractivity contribution >= 4 is 23.5 Å². The van der Waals surface area contributed by atoms with Gasteiger partial charge >= 0.3 is 11.9 Å². The minimum atomic E-state index is -0.491. The zero-order chi connectivity index (χ0) is 17.2. The van der Waals surface area contributed by atoms with Crippen LogP contribution in [0.3, 0.4) is 0 Å². The highest BCUT2D eigenvalue weighted by molar-refractivity contribution is 6.17. The van der Waals surface area contributed by atoms with Crippen LogP contribution in [0.1, 0.15) is 71.1 Å². The number of hydrogen-bond donors (Lipinski definition) is 0. The molecule has 0 rings (SSSR count). The van der Waals surface area contributed by atoms with Crippen LogP contribution in [0.15, 0.2) is 12.2 Å². The molecule has 4 nitrogen and oxygen atoms in total. The molecule has 0 amide bonds. The molecule has 0 heterocycles. The summed E-state index contributed by atoms with van der Waals surface area (Å²) in [6.07, 6.45) is 12.9. The van der Waals surface area contributed by atoms with Crippen molar-refractivity contribution < 1.29 is 19.1 Å². The molecule has 0 aromatic rings. The first-order valence-corrected chi connectivity index (χ1v) is 9.31. The Morgan fingerprint density at radius 1 is 0.739 bits per heavy atom. The summed E-state index contributed by atoms with van der Waals surface area (Å²) in [5, 5.41) is 0. The van der Waals surface area contributed by atoms with E-state index in [1.54, 1.807) is 0 Å². The van der Waals surface area contributed by atoms with Crippen molar-refractivity contribution in [2.75, 3.05) is 19.1 Å². The van der Waals surface area contributed by atoms with E-state index in [-0.39, 0.29) is 0 Å². The van der Waals surface area contributed by atoms with Crippen LogP contribution in [-0.4, -0.2) is 31.0 Å². The zero-order valence-electron chi connectivity index (χ0n) is 14.4. The Morgan fingerprint density at radius 2 is 1.17 bits per heavy atom. The Labute approximate surface area is 145 Å². The van der Waals surface area contributed by atoms with Crippen molar-refractivity contribution in [3.63, 3.8) is 0 Å². The number of rotatable bonds is 15. The first kappa shape index (κ1) is 22.0. The van der Waals surface area contributed by atoms with Gasteiger partial charge in [0, 0.05) is 18.0 Å². The van der Waals surface area contributed by atoms with E-state index in [1.165, 1.54) is 6.42 Å². The second kappa shape index (κ2) is 17.3. The van der Waals surface area contributed by atoms with Crippen molar-refractivity contribution in [2.24, 2.45) is 0 Å². The van der Waals surface area contributed by atoms with Crippen molar-refractivity contribution in [1.29, 1.82) is 0 Å². The average Bonchev–Trinajstić information content (AvgIpc) is 2.55. The molecule has 5 heteroatoms. The lowest BCUT2D eigenvalue weighted by Crippen LogP contribution is -2.06. The normalized spacial score (nSPS) is 10.9. The van der Waals surface area contributed by atoms with E-state index in [2.05, 4.69) is 6.92 Å². The highest BCUT2D eigenvalue weighted by Gasteiger charge is 2.01. The SMILES string of the molecule is CCCCCCOC(=O)/C=C/C(=O)OCCCCCCCCCl. The third kappa shape index (κ3) is 17.2. The number of alkyl halides is 1. The Bertz CT molecular complexity index is 329. The minimum Gasteiger partial charge on any atom is -0.463 e. The van der Waals surface area contributed by atoms with E-state index in [9.17, 15) is 9.59 Å². The predicted octanol–water partition coefficient (Wildman–Crippen LogP) is 4.79. The topological polar surface area (TPSA) is 52.6 Å². The van der Waals surface area contributed by atoms with Crippen LogP contribution in [0.2, 0.25) is 0 Å². The van der Waals surface area contributed by atoms with Crippen LogP contribution in [0.4, 0.5) is 0 Å². The van der Waals surface area contributed by atoms with Gasteiger partial charge in [0.05, 0.1) is 13.2 Å². The van der Waals surface area contributed by atoms with Crippen LogP contribution in [0.5, 0.6) is 0 Å². The molecule has 0 N–H and O–H groups in total. The third-order valence-corrected chi connectivity index (χ3v) is 3.64. The van der Waals surface area contributed by atoms with Crippen LogP contribution >= 0.6 is 11.6 Å². The second-order valence-corrected chi connectivity index (χ2v) is 5.92. The van der Waals surface area contributed by atoms with E-state index in [1.807, 2.05) is 0 Å². The van der Waals surface area contributed by atoms with Gasteiger partial charge in [0.25, 0.3) is 0 Å². The van der Waals surface area contributed by atoms with Gasteiger partial charge in [-0.15, -0.1) is 11.6 Å². The summed E-state index contributed by atoms with van der Waals surface area (Å²) in [5.41, 5.74) is 0. The van der Waals surface area contributed by atoms with Crippen LogP contribution in [0.25, 0.3) is 0 Å². The Hall–Kier alpha value is -1.03. The van der Waals surface area contributed by atoms with Gasteiger partial charge in [0.2, 0.25) is 0 Å². The minimum absolute atomic E-state index is 0.394. The molecule has 0 saturated heterocycles. The number of esters is 2. The highest BCUT2D eigenvalue weighted by atomic mass is 35.5. The molecule has 0 bridgehead atoms. The summed E-state index contributed by atoms with van der Waals surface area (Å²) in [4.78, 5) is 22.8. The lowest BCUT2D eigenvalue weighted by atomic mass is 10.1. The van der Waals surface area contributed by atoms with E-state index in [4.69, 9.17) is 21.1 Å².